The van der Waals surface area contributed by atoms with Gasteiger partial charge in [0.25, 0.3) is 0 Å². The van der Waals surface area contributed by atoms with E-state index in [-0.39, 0.29) is 17.9 Å². The topological polar surface area (TPSA) is 72.5 Å². The quantitative estimate of drug-likeness (QED) is 0.530. The van der Waals surface area contributed by atoms with Crippen LogP contribution in [0, 0.1) is 0 Å². The van der Waals surface area contributed by atoms with Crippen molar-refractivity contribution in [3.63, 3.8) is 0 Å². The highest BCUT2D eigenvalue weighted by atomic mass is 16.5. The molecule has 0 bridgehead atoms. The monoisotopic (exact) mass is 181 g/mol. The number of hydrogen-bond acceptors (Lipinski definition) is 4. The molecule has 0 heterocycles. The number of phenolic OH excluding ortho intramolecular Hbond substituents is 1. The summed E-state index contributed by atoms with van der Waals surface area (Å²) in [7, 11) is 0. The second-order valence-electron chi connectivity index (χ2n) is 2.50. The van der Waals surface area contributed by atoms with Crippen LogP contribution in [0.1, 0.15) is 17.3 Å². The van der Waals surface area contributed by atoms with Gasteiger partial charge in [-0.15, -0.1) is 0 Å². The summed E-state index contributed by atoms with van der Waals surface area (Å²) in [5, 5.41) is 9.31. The number of benzene rings is 1. The van der Waals surface area contributed by atoms with E-state index in [1.54, 1.807) is 6.92 Å². The van der Waals surface area contributed by atoms with Crippen molar-refractivity contribution in [3.8, 4) is 5.75 Å². The molecule has 3 N–H and O–H groups in total. The Morgan fingerprint density at radius 1 is 1.62 bits per heavy atom. The van der Waals surface area contributed by atoms with Crippen molar-refractivity contribution in [3.05, 3.63) is 23.8 Å². The highest BCUT2D eigenvalue weighted by Crippen LogP contribution is 2.20. The van der Waals surface area contributed by atoms with Gasteiger partial charge in [0.15, 0.2) is 0 Å². The third-order valence-corrected chi connectivity index (χ3v) is 1.52. The summed E-state index contributed by atoms with van der Waals surface area (Å²) < 4.78 is 4.71. The molecule has 0 unspecified atom stereocenters. The molecular weight excluding hydrogens is 170 g/mol. The molecule has 0 radical (unpaired) electrons. The Morgan fingerprint density at radius 3 is 2.85 bits per heavy atom. The third kappa shape index (κ3) is 2.11. The number of phenols is 1. The van der Waals surface area contributed by atoms with Crippen LogP contribution in [0.15, 0.2) is 18.2 Å². The first-order valence-corrected chi connectivity index (χ1v) is 3.90. The van der Waals surface area contributed by atoms with Crippen LogP contribution in [0.4, 0.5) is 5.69 Å². The Balaban J connectivity index is 2.95. The molecule has 0 saturated heterocycles. The molecule has 70 valence electrons. The van der Waals surface area contributed by atoms with Gasteiger partial charge in [0.1, 0.15) is 11.3 Å². The van der Waals surface area contributed by atoms with E-state index in [1.807, 2.05) is 0 Å². The number of ether oxygens (including phenoxy) is 1. The first kappa shape index (κ1) is 9.38. The van der Waals surface area contributed by atoms with Crippen LogP contribution >= 0.6 is 0 Å². The fourth-order valence-corrected chi connectivity index (χ4v) is 0.930. The first-order valence-electron chi connectivity index (χ1n) is 3.90. The van der Waals surface area contributed by atoms with Gasteiger partial charge in [0.05, 0.1) is 6.61 Å². The van der Waals surface area contributed by atoms with Crippen molar-refractivity contribution in [1.29, 1.82) is 0 Å². The summed E-state index contributed by atoms with van der Waals surface area (Å²) >= 11 is 0. The van der Waals surface area contributed by atoms with E-state index < -0.39 is 5.97 Å². The molecule has 0 saturated carbocycles. The van der Waals surface area contributed by atoms with Crippen LogP contribution in [0.5, 0.6) is 5.75 Å². The molecule has 0 aliphatic rings. The van der Waals surface area contributed by atoms with Crippen molar-refractivity contribution >= 4 is 11.7 Å². The highest BCUT2D eigenvalue weighted by Gasteiger charge is 2.11. The van der Waals surface area contributed by atoms with Crippen LogP contribution in [0.3, 0.4) is 0 Å². The van der Waals surface area contributed by atoms with E-state index in [9.17, 15) is 9.90 Å². The SMILES string of the molecule is CCOC(=O)c1ccc(N)cc1O. The zero-order valence-corrected chi connectivity index (χ0v) is 7.28. The van der Waals surface area contributed by atoms with E-state index in [2.05, 4.69) is 0 Å². The van der Waals surface area contributed by atoms with Gasteiger partial charge in [-0.1, -0.05) is 0 Å². The second-order valence-corrected chi connectivity index (χ2v) is 2.50. The number of hydrogen-bond donors (Lipinski definition) is 2. The molecule has 0 atom stereocenters. The van der Waals surface area contributed by atoms with Gasteiger partial charge in [-0.3, -0.25) is 0 Å². The minimum absolute atomic E-state index is 0.135. The number of esters is 1. The van der Waals surface area contributed by atoms with Gasteiger partial charge < -0.3 is 15.6 Å². The fourth-order valence-electron chi connectivity index (χ4n) is 0.930. The molecule has 1 aromatic carbocycles. The molecule has 13 heavy (non-hydrogen) atoms. The van der Waals surface area contributed by atoms with Crippen molar-refractivity contribution in [2.75, 3.05) is 12.3 Å². The molecule has 0 amide bonds. The smallest absolute Gasteiger partial charge is 0.341 e. The Kier molecular flexibility index (Phi) is 2.74. The normalized spacial score (nSPS) is 9.62. The van der Waals surface area contributed by atoms with Crippen molar-refractivity contribution in [2.24, 2.45) is 0 Å². The Bertz CT molecular complexity index is 323. The average molecular weight is 181 g/mol. The number of carbonyl (C=O) groups excluding carboxylic acids is 1. The Labute approximate surface area is 75.9 Å². The average Bonchev–Trinajstić information content (AvgIpc) is 2.04. The van der Waals surface area contributed by atoms with Crippen molar-refractivity contribution < 1.29 is 14.6 Å². The van der Waals surface area contributed by atoms with Crippen LogP contribution < -0.4 is 5.73 Å². The summed E-state index contributed by atoms with van der Waals surface area (Å²) in [6.45, 7) is 1.98. The second kappa shape index (κ2) is 3.80. The lowest BCUT2D eigenvalue weighted by molar-refractivity contribution is 0.0523. The molecule has 0 aromatic heterocycles. The third-order valence-electron chi connectivity index (χ3n) is 1.52. The molecular formula is C9H11NO3. The predicted molar refractivity (Wildman–Crippen MR) is 48.5 cm³/mol. The Morgan fingerprint density at radius 2 is 2.31 bits per heavy atom. The standard InChI is InChI=1S/C9H11NO3/c1-2-13-9(12)7-4-3-6(10)5-8(7)11/h3-5,11H,2,10H2,1H3. The van der Waals surface area contributed by atoms with E-state index in [0.717, 1.165) is 0 Å². The minimum Gasteiger partial charge on any atom is -0.507 e. The fraction of sp³-hybridized carbons (Fsp3) is 0.222. The first-order chi connectivity index (χ1) is 6.15. The maximum absolute atomic E-state index is 11.2. The molecule has 4 heteroatoms. The van der Waals surface area contributed by atoms with E-state index >= 15 is 0 Å². The van der Waals surface area contributed by atoms with Crippen molar-refractivity contribution in [1.82, 2.24) is 0 Å². The number of carbonyl (C=O) groups is 1. The van der Waals surface area contributed by atoms with Crippen LogP contribution in [-0.4, -0.2) is 17.7 Å². The molecule has 0 aliphatic heterocycles. The number of aromatic hydroxyl groups is 1. The zero-order valence-electron chi connectivity index (χ0n) is 7.28. The van der Waals surface area contributed by atoms with Gasteiger partial charge in [-0.2, -0.15) is 0 Å². The van der Waals surface area contributed by atoms with Crippen LogP contribution in [-0.2, 0) is 4.74 Å². The van der Waals surface area contributed by atoms with E-state index in [1.165, 1.54) is 18.2 Å². The summed E-state index contributed by atoms with van der Waals surface area (Å²) in [6, 6.07) is 4.28. The van der Waals surface area contributed by atoms with Gasteiger partial charge in [-0.05, 0) is 19.1 Å². The zero-order chi connectivity index (χ0) is 9.84. The maximum atomic E-state index is 11.2. The minimum atomic E-state index is -0.542. The van der Waals surface area contributed by atoms with E-state index in [4.69, 9.17) is 10.5 Å². The molecule has 0 spiro atoms. The van der Waals surface area contributed by atoms with Gasteiger partial charge >= 0.3 is 5.97 Å². The molecule has 0 fully saturated rings. The van der Waals surface area contributed by atoms with Gasteiger partial charge in [0, 0.05) is 11.8 Å². The Hall–Kier alpha value is -1.71. The van der Waals surface area contributed by atoms with E-state index in [0.29, 0.717) is 5.69 Å². The van der Waals surface area contributed by atoms with Gasteiger partial charge in [-0.25, -0.2) is 4.79 Å². The molecule has 4 nitrogen and oxygen atoms in total. The lowest BCUT2D eigenvalue weighted by Crippen LogP contribution is -2.04. The lowest BCUT2D eigenvalue weighted by atomic mass is 10.2. The number of anilines is 1. The summed E-state index contributed by atoms with van der Waals surface area (Å²) in [4.78, 5) is 11.2. The molecule has 1 rings (SSSR count). The van der Waals surface area contributed by atoms with Crippen LogP contribution in [0.2, 0.25) is 0 Å². The molecule has 0 aliphatic carbocycles. The summed E-state index contributed by atoms with van der Waals surface area (Å²) in [5.41, 5.74) is 5.93. The highest BCUT2D eigenvalue weighted by molar-refractivity contribution is 5.92. The summed E-state index contributed by atoms with van der Waals surface area (Å²) in [6.07, 6.45) is 0. The lowest BCUT2D eigenvalue weighted by Gasteiger charge is -2.04. The van der Waals surface area contributed by atoms with Crippen molar-refractivity contribution in [2.45, 2.75) is 6.92 Å². The molecule has 1 aromatic rings. The summed E-state index contributed by atoms with van der Waals surface area (Å²) in [5.74, 6) is -0.696. The largest absolute Gasteiger partial charge is 0.507 e. The maximum Gasteiger partial charge on any atom is 0.341 e. The number of nitrogens with two attached hydrogens (primary N) is 1. The predicted octanol–water partition coefficient (Wildman–Crippen LogP) is 1.15. The number of nitrogen functional groups attached to an aromatic ring is 1. The van der Waals surface area contributed by atoms with Crippen LogP contribution in [0.25, 0.3) is 0 Å². The van der Waals surface area contributed by atoms with Gasteiger partial charge in [0.2, 0.25) is 0 Å². The number of rotatable bonds is 2.